The number of carbonyl (C=O) groups is 2. The van der Waals surface area contributed by atoms with Crippen LogP contribution in [0.25, 0.3) is 0 Å². The average molecular weight is 426 g/mol. The SMILES string of the molecule is CN(CC(=O)N1c2ccccc2NC(=O)C[C@@H]1C(F)(F)F)Cc1ccc(Cl)cc1. The molecule has 1 heterocycles. The van der Waals surface area contributed by atoms with Crippen LogP contribution < -0.4 is 10.2 Å². The zero-order chi connectivity index (χ0) is 21.2. The lowest BCUT2D eigenvalue weighted by Gasteiger charge is -2.33. The lowest BCUT2D eigenvalue weighted by atomic mass is 10.1. The molecule has 1 aliphatic rings. The Morgan fingerprint density at radius 1 is 1.21 bits per heavy atom. The van der Waals surface area contributed by atoms with E-state index in [1.165, 1.54) is 18.2 Å². The van der Waals surface area contributed by atoms with Gasteiger partial charge in [-0.1, -0.05) is 35.9 Å². The first-order valence-corrected chi connectivity index (χ1v) is 9.23. The van der Waals surface area contributed by atoms with E-state index in [1.54, 1.807) is 42.3 Å². The molecule has 154 valence electrons. The summed E-state index contributed by atoms with van der Waals surface area (Å²) in [5.74, 6) is -1.53. The Labute approximate surface area is 171 Å². The number of likely N-dealkylation sites (N-methyl/N-ethyl adjacent to an activating group) is 1. The van der Waals surface area contributed by atoms with Gasteiger partial charge in [0.25, 0.3) is 0 Å². The van der Waals surface area contributed by atoms with Crippen LogP contribution in [0.5, 0.6) is 0 Å². The highest BCUT2D eigenvalue weighted by atomic mass is 35.5. The van der Waals surface area contributed by atoms with Crippen molar-refractivity contribution in [1.29, 1.82) is 0 Å². The van der Waals surface area contributed by atoms with Crippen molar-refractivity contribution in [3.8, 4) is 0 Å². The maximum absolute atomic E-state index is 13.7. The van der Waals surface area contributed by atoms with Crippen LogP contribution in [-0.2, 0) is 16.1 Å². The van der Waals surface area contributed by atoms with Gasteiger partial charge in [-0.15, -0.1) is 0 Å². The first-order valence-electron chi connectivity index (χ1n) is 8.86. The predicted octanol–water partition coefficient (Wildman–Crippen LogP) is 4.08. The molecule has 1 N–H and O–H groups in total. The Morgan fingerprint density at radius 3 is 2.52 bits per heavy atom. The van der Waals surface area contributed by atoms with Crippen molar-refractivity contribution >= 4 is 34.8 Å². The third-order valence-electron chi connectivity index (χ3n) is 4.55. The van der Waals surface area contributed by atoms with Gasteiger partial charge in [0.15, 0.2) is 0 Å². The maximum Gasteiger partial charge on any atom is 0.409 e. The minimum atomic E-state index is -4.75. The standard InChI is InChI=1S/C20H19ClF3N3O2/c1-26(11-13-6-8-14(21)9-7-13)12-19(29)27-16-5-3-2-4-15(16)25-18(28)10-17(27)20(22,23)24/h2-9,17H,10-12H2,1H3,(H,25,28)/t17-/m1/s1. The van der Waals surface area contributed by atoms with Crippen molar-refractivity contribution in [2.75, 3.05) is 23.8 Å². The first-order chi connectivity index (χ1) is 13.6. The van der Waals surface area contributed by atoms with E-state index >= 15 is 0 Å². The van der Waals surface area contributed by atoms with E-state index in [2.05, 4.69) is 5.32 Å². The molecule has 0 saturated carbocycles. The molecule has 0 saturated heterocycles. The summed E-state index contributed by atoms with van der Waals surface area (Å²) in [6, 6.07) is 10.7. The lowest BCUT2D eigenvalue weighted by Crippen LogP contribution is -2.52. The van der Waals surface area contributed by atoms with E-state index in [4.69, 9.17) is 11.6 Å². The van der Waals surface area contributed by atoms with Gasteiger partial charge in [0.1, 0.15) is 6.04 Å². The Bertz CT molecular complexity index is 903. The molecule has 2 aromatic rings. The molecular formula is C20H19ClF3N3O2. The fraction of sp³-hybridized carbons (Fsp3) is 0.300. The topological polar surface area (TPSA) is 52.7 Å². The van der Waals surface area contributed by atoms with E-state index < -0.39 is 30.5 Å². The van der Waals surface area contributed by atoms with Crippen LogP contribution in [0.4, 0.5) is 24.5 Å². The number of carbonyl (C=O) groups excluding carboxylic acids is 2. The van der Waals surface area contributed by atoms with Crippen molar-refractivity contribution in [3.05, 3.63) is 59.1 Å². The Balaban J connectivity index is 1.86. The smallest absolute Gasteiger partial charge is 0.324 e. The highest BCUT2D eigenvalue weighted by Gasteiger charge is 2.49. The van der Waals surface area contributed by atoms with Crippen molar-refractivity contribution < 1.29 is 22.8 Å². The number of nitrogens with one attached hydrogen (secondary N) is 1. The molecule has 9 heteroatoms. The molecule has 2 aromatic carbocycles. The number of para-hydroxylation sites is 2. The van der Waals surface area contributed by atoms with Gasteiger partial charge in [0.05, 0.1) is 24.3 Å². The van der Waals surface area contributed by atoms with Crippen molar-refractivity contribution in [2.24, 2.45) is 0 Å². The van der Waals surface area contributed by atoms with Crippen LogP contribution in [0.15, 0.2) is 48.5 Å². The number of hydrogen-bond donors (Lipinski definition) is 1. The van der Waals surface area contributed by atoms with Gasteiger partial charge in [-0.2, -0.15) is 13.2 Å². The highest BCUT2D eigenvalue weighted by Crippen LogP contribution is 2.37. The van der Waals surface area contributed by atoms with E-state index in [0.717, 1.165) is 5.56 Å². The molecule has 0 spiro atoms. The Kier molecular flexibility index (Phi) is 6.14. The third-order valence-corrected chi connectivity index (χ3v) is 4.80. The highest BCUT2D eigenvalue weighted by molar-refractivity contribution is 6.30. The summed E-state index contributed by atoms with van der Waals surface area (Å²) in [6.07, 6.45) is -5.61. The molecule has 0 unspecified atom stereocenters. The molecule has 0 radical (unpaired) electrons. The van der Waals surface area contributed by atoms with Gasteiger partial charge < -0.3 is 5.32 Å². The molecule has 0 aliphatic carbocycles. The molecule has 1 aliphatic heterocycles. The number of nitrogens with zero attached hydrogens (tertiary/aromatic N) is 2. The monoisotopic (exact) mass is 425 g/mol. The molecule has 1 atom stereocenters. The van der Waals surface area contributed by atoms with Gasteiger partial charge >= 0.3 is 6.18 Å². The predicted molar refractivity (Wildman–Crippen MR) is 105 cm³/mol. The second-order valence-electron chi connectivity index (χ2n) is 6.89. The van der Waals surface area contributed by atoms with E-state index in [-0.39, 0.29) is 17.9 Å². The largest absolute Gasteiger partial charge is 0.409 e. The second-order valence-corrected chi connectivity index (χ2v) is 7.33. The molecule has 0 bridgehead atoms. The molecule has 0 aromatic heterocycles. The van der Waals surface area contributed by atoms with E-state index in [9.17, 15) is 22.8 Å². The lowest BCUT2D eigenvalue weighted by molar-refractivity contribution is -0.158. The Hall–Kier alpha value is -2.58. The van der Waals surface area contributed by atoms with Crippen molar-refractivity contribution in [2.45, 2.75) is 25.2 Å². The number of benzene rings is 2. The van der Waals surface area contributed by atoms with Crippen LogP contribution in [0.3, 0.4) is 0 Å². The first kappa shape index (κ1) is 21.1. The number of rotatable bonds is 4. The summed E-state index contributed by atoms with van der Waals surface area (Å²) >= 11 is 5.85. The zero-order valence-electron chi connectivity index (χ0n) is 15.5. The summed E-state index contributed by atoms with van der Waals surface area (Å²) in [6.45, 7) is 0.101. The van der Waals surface area contributed by atoms with Crippen LogP contribution >= 0.6 is 11.6 Å². The number of alkyl halides is 3. The van der Waals surface area contributed by atoms with Crippen molar-refractivity contribution in [1.82, 2.24) is 4.90 Å². The van der Waals surface area contributed by atoms with Crippen LogP contribution in [-0.4, -0.2) is 42.5 Å². The average Bonchev–Trinajstić information content (AvgIpc) is 2.79. The van der Waals surface area contributed by atoms with Gasteiger partial charge in [-0.3, -0.25) is 19.4 Å². The summed E-state index contributed by atoms with van der Waals surface area (Å²) in [4.78, 5) is 27.2. The maximum atomic E-state index is 13.7. The quantitative estimate of drug-likeness (QED) is 0.803. The fourth-order valence-corrected chi connectivity index (χ4v) is 3.39. The van der Waals surface area contributed by atoms with Crippen LogP contribution in [0.2, 0.25) is 5.02 Å². The summed E-state index contributed by atoms with van der Waals surface area (Å²) in [5.41, 5.74) is 1.08. The molecule has 29 heavy (non-hydrogen) atoms. The fourth-order valence-electron chi connectivity index (χ4n) is 3.26. The molecular weight excluding hydrogens is 407 g/mol. The molecule has 3 rings (SSSR count). The normalized spacial score (nSPS) is 17.0. The number of fused-ring (bicyclic) bond motifs is 1. The van der Waals surface area contributed by atoms with Crippen LogP contribution in [0, 0.1) is 0 Å². The van der Waals surface area contributed by atoms with Crippen molar-refractivity contribution in [3.63, 3.8) is 0 Å². The minimum Gasteiger partial charge on any atom is -0.324 e. The van der Waals surface area contributed by atoms with E-state index in [0.29, 0.717) is 16.5 Å². The van der Waals surface area contributed by atoms with Gasteiger partial charge in [-0.25, -0.2) is 0 Å². The summed E-state index contributed by atoms with van der Waals surface area (Å²) in [7, 11) is 1.64. The van der Waals surface area contributed by atoms with Gasteiger partial charge in [-0.05, 0) is 36.9 Å². The number of amides is 2. The zero-order valence-corrected chi connectivity index (χ0v) is 16.3. The molecule has 5 nitrogen and oxygen atoms in total. The summed E-state index contributed by atoms with van der Waals surface area (Å²) < 4.78 is 41.2. The number of hydrogen-bond acceptors (Lipinski definition) is 3. The summed E-state index contributed by atoms with van der Waals surface area (Å²) in [5, 5.41) is 3.02. The molecule has 2 amide bonds. The van der Waals surface area contributed by atoms with Gasteiger partial charge in [0.2, 0.25) is 11.8 Å². The minimum absolute atomic E-state index is 0.0329. The Morgan fingerprint density at radius 2 is 1.86 bits per heavy atom. The number of halogens is 4. The number of anilines is 2. The second kappa shape index (κ2) is 8.42. The van der Waals surface area contributed by atoms with Gasteiger partial charge in [0, 0.05) is 11.6 Å². The van der Waals surface area contributed by atoms with E-state index in [1.807, 2.05) is 0 Å². The van der Waals surface area contributed by atoms with Crippen LogP contribution in [0.1, 0.15) is 12.0 Å². The third kappa shape index (κ3) is 5.07. The molecule has 0 fully saturated rings.